The summed E-state index contributed by atoms with van der Waals surface area (Å²) in [6.45, 7) is 9.19. The smallest absolute Gasteiger partial charge is 0.421 e. The molecule has 0 heterocycles. The van der Waals surface area contributed by atoms with Crippen LogP contribution in [0.3, 0.4) is 0 Å². The number of alkyl halides is 3. The lowest BCUT2D eigenvalue weighted by Gasteiger charge is -2.41. The zero-order valence-corrected chi connectivity index (χ0v) is 19.0. The lowest BCUT2D eigenvalue weighted by Crippen LogP contribution is -2.49. The van der Waals surface area contributed by atoms with E-state index in [1.165, 1.54) is 13.2 Å². The fourth-order valence-corrected chi connectivity index (χ4v) is 4.51. The van der Waals surface area contributed by atoms with Gasteiger partial charge in [0, 0.05) is 42.9 Å². The van der Waals surface area contributed by atoms with Crippen molar-refractivity contribution in [1.82, 2.24) is 4.90 Å². The standard InChI is InChI=1S/C23H37F3N2O2/c1-6-27(4)13-14-28(7-2)20-16-21(30-5)19(15-17(20)3)22(29,23(24,25)26)18-11-9-8-10-12-18/h15-16,18,29H,6-14H2,1-5H3. The molecule has 0 bridgehead atoms. The molecule has 1 aliphatic rings. The molecule has 1 aliphatic carbocycles. The van der Waals surface area contributed by atoms with E-state index in [0.29, 0.717) is 31.2 Å². The van der Waals surface area contributed by atoms with Crippen molar-refractivity contribution < 1.29 is 23.0 Å². The van der Waals surface area contributed by atoms with Gasteiger partial charge in [0.25, 0.3) is 0 Å². The molecule has 0 aliphatic heterocycles. The molecule has 0 spiro atoms. The van der Waals surface area contributed by atoms with E-state index in [0.717, 1.165) is 38.3 Å². The Kier molecular flexibility index (Phi) is 8.45. The number of hydrogen-bond donors (Lipinski definition) is 1. The van der Waals surface area contributed by atoms with Crippen molar-refractivity contribution in [3.63, 3.8) is 0 Å². The highest BCUT2D eigenvalue weighted by Gasteiger charge is 2.60. The number of benzene rings is 1. The van der Waals surface area contributed by atoms with Gasteiger partial charge in [-0.1, -0.05) is 26.2 Å². The number of hydrogen-bond acceptors (Lipinski definition) is 4. The SMILES string of the molecule is CCN(C)CCN(CC)c1cc(OC)c(C(O)(C2CCCCC2)C(F)(F)F)cc1C. The van der Waals surface area contributed by atoms with Crippen LogP contribution in [0.25, 0.3) is 0 Å². The van der Waals surface area contributed by atoms with Crippen LogP contribution >= 0.6 is 0 Å². The normalized spacial score (nSPS) is 17.8. The minimum atomic E-state index is -4.77. The van der Waals surface area contributed by atoms with Crippen LogP contribution in [0.2, 0.25) is 0 Å². The molecular weight excluding hydrogens is 393 g/mol. The van der Waals surface area contributed by atoms with Crippen molar-refractivity contribution >= 4 is 5.69 Å². The van der Waals surface area contributed by atoms with Gasteiger partial charge in [0.15, 0.2) is 5.60 Å². The third-order valence-electron chi connectivity index (χ3n) is 6.57. The molecule has 1 N–H and O–H groups in total. The summed E-state index contributed by atoms with van der Waals surface area (Å²) >= 11 is 0. The molecule has 1 unspecified atom stereocenters. The number of rotatable bonds is 9. The van der Waals surface area contributed by atoms with E-state index in [2.05, 4.69) is 16.7 Å². The van der Waals surface area contributed by atoms with Gasteiger partial charge < -0.3 is 19.6 Å². The summed E-state index contributed by atoms with van der Waals surface area (Å²) in [7, 11) is 3.41. The van der Waals surface area contributed by atoms with Gasteiger partial charge in [0.2, 0.25) is 0 Å². The minimum absolute atomic E-state index is 0.100. The van der Waals surface area contributed by atoms with E-state index in [1.54, 1.807) is 6.07 Å². The van der Waals surface area contributed by atoms with Crippen molar-refractivity contribution in [2.45, 2.75) is 64.7 Å². The summed E-state index contributed by atoms with van der Waals surface area (Å²) in [5, 5.41) is 11.1. The van der Waals surface area contributed by atoms with Crippen LogP contribution in [-0.2, 0) is 5.60 Å². The van der Waals surface area contributed by atoms with Gasteiger partial charge in [-0.3, -0.25) is 0 Å². The van der Waals surface area contributed by atoms with Crippen LogP contribution in [0.4, 0.5) is 18.9 Å². The van der Waals surface area contributed by atoms with Crippen LogP contribution in [-0.4, -0.2) is 56.5 Å². The zero-order chi connectivity index (χ0) is 22.5. The number of likely N-dealkylation sites (N-methyl/N-ethyl adjacent to an activating group) is 2. The maximum atomic E-state index is 14.3. The summed E-state index contributed by atoms with van der Waals surface area (Å²) in [6, 6.07) is 3.15. The van der Waals surface area contributed by atoms with Gasteiger partial charge >= 0.3 is 6.18 Å². The molecule has 0 aromatic heterocycles. The van der Waals surface area contributed by atoms with Crippen LogP contribution in [0.15, 0.2) is 12.1 Å². The topological polar surface area (TPSA) is 35.9 Å². The number of methoxy groups -OCH3 is 1. The van der Waals surface area contributed by atoms with Crippen molar-refractivity contribution in [2.24, 2.45) is 5.92 Å². The second-order valence-corrected chi connectivity index (χ2v) is 8.41. The average molecular weight is 431 g/mol. The second kappa shape index (κ2) is 10.2. The molecule has 172 valence electrons. The maximum Gasteiger partial charge on any atom is 0.421 e. The largest absolute Gasteiger partial charge is 0.496 e. The van der Waals surface area contributed by atoms with E-state index >= 15 is 0 Å². The Morgan fingerprint density at radius 3 is 2.20 bits per heavy atom. The summed E-state index contributed by atoms with van der Waals surface area (Å²) < 4.78 is 48.2. The van der Waals surface area contributed by atoms with Gasteiger partial charge in [0.1, 0.15) is 5.75 Å². The number of ether oxygens (including phenoxy) is 1. The Hall–Kier alpha value is -1.47. The van der Waals surface area contributed by atoms with Gasteiger partial charge in [-0.2, -0.15) is 13.2 Å². The van der Waals surface area contributed by atoms with Crippen molar-refractivity contribution in [3.05, 3.63) is 23.3 Å². The number of halogens is 3. The Morgan fingerprint density at radius 1 is 1.07 bits per heavy atom. The second-order valence-electron chi connectivity index (χ2n) is 8.41. The van der Waals surface area contributed by atoms with E-state index in [9.17, 15) is 18.3 Å². The van der Waals surface area contributed by atoms with Gasteiger partial charge in [0.05, 0.1) is 7.11 Å². The third kappa shape index (κ3) is 5.05. The van der Waals surface area contributed by atoms with Gasteiger partial charge in [-0.05, 0) is 51.9 Å². The van der Waals surface area contributed by atoms with Crippen LogP contribution in [0.1, 0.15) is 57.1 Å². The first-order valence-corrected chi connectivity index (χ1v) is 11.0. The summed E-state index contributed by atoms with van der Waals surface area (Å²) in [4.78, 5) is 4.33. The number of aryl methyl sites for hydroxylation is 1. The molecule has 0 saturated heterocycles. The van der Waals surface area contributed by atoms with E-state index < -0.39 is 17.7 Å². The Balaban J connectivity index is 2.50. The maximum absolute atomic E-state index is 14.3. The fourth-order valence-electron chi connectivity index (χ4n) is 4.51. The van der Waals surface area contributed by atoms with E-state index in [4.69, 9.17) is 4.74 Å². The highest BCUT2D eigenvalue weighted by Crippen LogP contribution is 2.52. The summed E-state index contributed by atoms with van der Waals surface area (Å²) in [5.41, 5.74) is -1.50. The first kappa shape index (κ1) is 24.8. The number of aliphatic hydroxyl groups is 1. The zero-order valence-electron chi connectivity index (χ0n) is 19.0. The summed E-state index contributed by atoms with van der Waals surface area (Å²) in [6.07, 6.45) is -1.72. The minimum Gasteiger partial charge on any atom is -0.496 e. The Bertz CT molecular complexity index is 690. The molecule has 0 radical (unpaired) electrons. The average Bonchev–Trinajstić information content (AvgIpc) is 2.73. The fraction of sp³-hybridized carbons (Fsp3) is 0.739. The van der Waals surface area contributed by atoms with E-state index in [-0.39, 0.29) is 11.3 Å². The van der Waals surface area contributed by atoms with Crippen LogP contribution < -0.4 is 9.64 Å². The highest BCUT2D eigenvalue weighted by molar-refractivity contribution is 5.61. The molecule has 2 rings (SSSR count). The predicted octanol–water partition coefficient (Wildman–Crippen LogP) is 5.11. The Labute approximate surface area is 179 Å². The molecule has 1 fully saturated rings. The molecule has 0 amide bonds. The molecule has 1 aromatic rings. The molecule has 1 atom stereocenters. The molecule has 1 saturated carbocycles. The quantitative estimate of drug-likeness (QED) is 0.591. The van der Waals surface area contributed by atoms with Crippen LogP contribution in [0, 0.1) is 12.8 Å². The first-order chi connectivity index (χ1) is 14.1. The van der Waals surface area contributed by atoms with Gasteiger partial charge in [-0.15, -0.1) is 0 Å². The van der Waals surface area contributed by atoms with Crippen molar-refractivity contribution in [1.29, 1.82) is 0 Å². The summed E-state index contributed by atoms with van der Waals surface area (Å²) in [5.74, 6) is -0.755. The lowest BCUT2D eigenvalue weighted by molar-refractivity contribution is -0.290. The third-order valence-corrected chi connectivity index (χ3v) is 6.57. The van der Waals surface area contributed by atoms with Crippen molar-refractivity contribution in [2.75, 3.05) is 45.2 Å². The van der Waals surface area contributed by atoms with Gasteiger partial charge in [-0.25, -0.2) is 0 Å². The molecule has 1 aromatic carbocycles. The van der Waals surface area contributed by atoms with Crippen molar-refractivity contribution in [3.8, 4) is 5.75 Å². The first-order valence-electron chi connectivity index (χ1n) is 11.0. The monoisotopic (exact) mass is 430 g/mol. The number of anilines is 1. The number of nitrogens with zero attached hydrogens (tertiary/aromatic N) is 2. The van der Waals surface area contributed by atoms with Crippen LogP contribution in [0.5, 0.6) is 5.75 Å². The van der Waals surface area contributed by atoms with E-state index in [1.807, 2.05) is 20.9 Å². The predicted molar refractivity (Wildman–Crippen MR) is 115 cm³/mol. The molecule has 4 nitrogen and oxygen atoms in total. The Morgan fingerprint density at radius 2 is 1.70 bits per heavy atom. The highest BCUT2D eigenvalue weighted by atomic mass is 19.4. The molecule has 30 heavy (non-hydrogen) atoms. The molecular formula is C23H37F3N2O2. The molecule has 7 heteroatoms. The lowest BCUT2D eigenvalue weighted by atomic mass is 9.72.